The Morgan fingerprint density at radius 2 is 1.94 bits per heavy atom. The summed E-state index contributed by atoms with van der Waals surface area (Å²) in [6, 6.07) is 6.22. The van der Waals surface area contributed by atoms with Crippen LogP contribution in [0.25, 0.3) is 5.57 Å². The molecular formula is C14H16O2. The number of allylic oxidation sites excluding steroid dienone is 3. The lowest BCUT2D eigenvalue weighted by molar-refractivity contribution is -0.131. The molecule has 2 nitrogen and oxygen atoms in total. The average molecular weight is 216 g/mol. The highest BCUT2D eigenvalue weighted by Crippen LogP contribution is 2.17. The normalized spacial score (nSPS) is 12.1. The molecular weight excluding hydrogens is 200 g/mol. The molecule has 84 valence electrons. The van der Waals surface area contributed by atoms with Crippen molar-refractivity contribution in [1.82, 2.24) is 0 Å². The molecule has 0 amide bonds. The van der Waals surface area contributed by atoms with Gasteiger partial charge in [-0.25, -0.2) is 4.79 Å². The van der Waals surface area contributed by atoms with E-state index in [1.165, 1.54) is 11.1 Å². The lowest BCUT2D eigenvalue weighted by Crippen LogP contribution is -1.86. The highest BCUT2D eigenvalue weighted by Gasteiger charge is 1.97. The minimum Gasteiger partial charge on any atom is -0.478 e. The lowest BCUT2D eigenvalue weighted by Gasteiger charge is -2.04. The monoisotopic (exact) mass is 216 g/mol. The van der Waals surface area contributed by atoms with Crippen LogP contribution in [0.3, 0.4) is 0 Å². The fourth-order valence-corrected chi connectivity index (χ4v) is 1.36. The zero-order chi connectivity index (χ0) is 12.1. The summed E-state index contributed by atoms with van der Waals surface area (Å²) in [6.45, 7) is 6.11. The fourth-order valence-electron chi connectivity index (χ4n) is 1.36. The second-order valence-corrected chi connectivity index (χ2v) is 3.85. The van der Waals surface area contributed by atoms with Crippen molar-refractivity contribution < 1.29 is 9.90 Å². The summed E-state index contributed by atoms with van der Waals surface area (Å²) in [4.78, 5) is 10.3. The maximum Gasteiger partial charge on any atom is 0.328 e. The van der Waals surface area contributed by atoms with Crippen molar-refractivity contribution in [2.45, 2.75) is 20.8 Å². The number of carboxylic acids is 1. The number of benzene rings is 1. The van der Waals surface area contributed by atoms with Gasteiger partial charge in [0.15, 0.2) is 0 Å². The van der Waals surface area contributed by atoms with Crippen LogP contribution in [0.4, 0.5) is 0 Å². The molecule has 0 saturated carbocycles. The van der Waals surface area contributed by atoms with Crippen molar-refractivity contribution in [3.63, 3.8) is 0 Å². The highest BCUT2D eigenvalue weighted by atomic mass is 16.4. The van der Waals surface area contributed by atoms with Gasteiger partial charge in [-0.15, -0.1) is 0 Å². The fraction of sp³-hybridized carbons (Fsp3) is 0.214. The number of rotatable bonds is 3. The van der Waals surface area contributed by atoms with E-state index in [4.69, 9.17) is 5.11 Å². The van der Waals surface area contributed by atoms with Crippen molar-refractivity contribution in [3.05, 3.63) is 53.1 Å². The standard InChI is InChI=1S/C14H16O2/c1-10-7-8-13(9-12(10)3)11(2)5-4-6-14(15)16/h4-9H,1-3H3,(H,15,16)/b6-4+,11-5+. The van der Waals surface area contributed by atoms with Gasteiger partial charge in [0.2, 0.25) is 0 Å². The molecule has 0 unspecified atom stereocenters. The molecule has 0 aliphatic rings. The van der Waals surface area contributed by atoms with Crippen LogP contribution in [-0.2, 0) is 4.79 Å². The third-order valence-corrected chi connectivity index (χ3v) is 2.55. The Hall–Kier alpha value is -1.83. The van der Waals surface area contributed by atoms with Crippen LogP contribution in [0.5, 0.6) is 0 Å². The van der Waals surface area contributed by atoms with Crippen LogP contribution in [0, 0.1) is 13.8 Å². The number of carboxylic acid groups (broad SMARTS) is 1. The maximum absolute atomic E-state index is 10.3. The molecule has 1 rings (SSSR count). The number of hydrogen-bond donors (Lipinski definition) is 1. The lowest BCUT2D eigenvalue weighted by atomic mass is 10.0. The summed E-state index contributed by atoms with van der Waals surface area (Å²) in [7, 11) is 0. The molecule has 0 heterocycles. The number of carbonyl (C=O) groups is 1. The van der Waals surface area contributed by atoms with Gasteiger partial charge in [-0.05, 0) is 43.0 Å². The molecule has 2 heteroatoms. The zero-order valence-corrected chi connectivity index (χ0v) is 9.82. The van der Waals surface area contributed by atoms with Gasteiger partial charge >= 0.3 is 5.97 Å². The Balaban J connectivity index is 2.92. The first-order valence-electron chi connectivity index (χ1n) is 5.16. The Kier molecular flexibility index (Phi) is 4.06. The molecule has 1 N–H and O–H groups in total. The van der Waals surface area contributed by atoms with Gasteiger partial charge in [-0.1, -0.05) is 30.4 Å². The summed E-state index contributed by atoms with van der Waals surface area (Å²) in [6.07, 6.45) is 4.48. The Morgan fingerprint density at radius 1 is 1.25 bits per heavy atom. The first kappa shape index (κ1) is 12.2. The van der Waals surface area contributed by atoms with E-state index in [-0.39, 0.29) is 0 Å². The maximum atomic E-state index is 10.3. The van der Waals surface area contributed by atoms with Crippen LogP contribution in [-0.4, -0.2) is 11.1 Å². The molecule has 0 bridgehead atoms. The topological polar surface area (TPSA) is 37.3 Å². The summed E-state index contributed by atoms with van der Waals surface area (Å²) in [5, 5.41) is 8.46. The van der Waals surface area contributed by atoms with Gasteiger partial charge in [0.25, 0.3) is 0 Å². The molecule has 0 aliphatic heterocycles. The van der Waals surface area contributed by atoms with Gasteiger partial charge in [0.1, 0.15) is 0 Å². The van der Waals surface area contributed by atoms with Gasteiger partial charge < -0.3 is 5.11 Å². The molecule has 1 aromatic carbocycles. The predicted molar refractivity (Wildman–Crippen MR) is 66.3 cm³/mol. The largest absolute Gasteiger partial charge is 0.478 e. The second-order valence-electron chi connectivity index (χ2n) is 3.85. The SMILES string of the molecule is C/C(=C\C=C\C(=O)O)c1ccc(C)c(C)c1. The molecule has 0 aromatic heterocycles. The number of hydrogen-bond acceptors (Lipinski definition) is 1. The van der Waals surface area contributed by atoms with E-state index in [2.05, 4.69) is 26.0 Å². The first-order chi connectivity index (χ1) is 7.50. The van der Waals surface area contributed by atoms with Gasteiger partial charge in [0.05, 0.1) is 0 Å². The molecule has 0 radical (unpaired) electrons. The molecule has 0 atom stereocenters. The Morgan fingerprint density at radius 3 is 2.50 bits per heavy atom. The van der Waals surface area contributed by atoms with Crippen molar-refractivity contribution in [1.29, 1.82) is 0 Å². The highest BCUT2D eigenvalue weighted by molar-refractivity contribution is 5.80. The summed E-state index contributed by atoms with van der Waals surface area (Å²) >= 11 is 0. The molecule has 0 fully saturated rings. The minimum atomic E-state index is -0.927. The van der Waals surface area contributed by atoms with E-state index < -0.39 is 5.97 Å². The quantitative estimate of drug-likeness (QED) is 0.621. The first-order valence-corrected chi connectivity index (χ1v) is 5.16. The average Bonchev–Trinajstić information content (AvgIpc) is 2.21. The van der Waals surface area contributed by atoms with Crippen LogP contribution >= 0.6 is 0 Å². The van der Waals surface area contributed by atoms with Crippen molar-refractivity contribution >= 4 is 11.5 Å². The third kappa shape index (κ3) is 3.39. The van der Waals surface area contributed by atoms with Gasteiger partial charge in [-0.2, -0.15) is 0 Å². The van der Waals surface area contributed by atoms with E-state index in [0.717, 1.165) is 17.2 Å². The molecule has 0 aliphatic carbocycles. The van der Waals surface area contributed by atoms with Crippen LogP contribution in [0.2, 0.25) is 0 Å². The molecule has 1 aromatic rings. The van der Waals surface area contributed by atoms with Crippen LogP contribution in [0.1, 0.15) is 23.6 Å². The Labute approximate surface area is 95.9 Å². The zero-order valence-electron chi connectivity index (χ0n) is 9.82. The van der Waals surface area contributed by atoms with Crippen LogP contribution < -0.4 is 0 Å². The number of aliphatic carboxylic acids is 1. The molecule has 16 heavy (non-hydrogen) atoms. The second kappa shape index (κ2) is 5.31. The van der Waals surface area contributed by atoms with Crippen molar-refractivity contribution in [3.8, 4) is 0 Å². The van der Waals surface area contributed by atoms with Gasteiger partial charge in [0, 0.05) is 6.08 Å². The van der Waals surface area contributed by atoms with E-state index in [0.29, 0.717) is 0 Å². The van der Waals surface area contributed by atoms with E-state index in [1.54, 1.807) is 12.2 Å². The molecule has 0 saturated heterocycles. The number of aryl methyl sites for hydroxylation is 2. The van der Waals surface area contributed by atoms with Crippen molar-refractivity contribution in [2.24, 2.45) is 0 Å². The van der Waals surface area contributed by atoms with Crippen molar-refractivity contribution in [2.75, 3.05) is 0 Å². The van der Waals surface area contributed by atoms with E-state index in [9.17, 15) is 4.79 Å². The van der Waals surface area contributed by atoms with E-state index in [1.807, 2.05) is 13.0 Å². The third-order valence-electron chi connectivity index (χ3n) is 2.55. The molecule has 0 spiro atoms. The summed E-state index contributed by atoms with van der Waals surface area (Å²) < 4.78 is 0. The van der Waals surface area contributed by atoms with E-state index >= 15 is 0 Å². The van der Waals surface area contributed by atoms with Crippen LogP contribution in [0.15, 0.2) is 36.4 Å². The Bertz CT molecular complexity index is 454. The summed E-state index contributed by atoms with van der Waals surface area (Å²) in [5.74, 6) is -0.927. The minimum absolute atomic E-state index is 0.927. The smallest absolute Gasteiger partial charge is 0.328 e. The summed E-state index contributed by atoms with van der Waals surface area (Å²) in [5.41, 5.74) is 4.68. The predicted octanol–water partition coefficient (Wildman–Crippen LogP) is 3.35. The van der Waals surface area contributed by atoms with Gasteiger partial charge in [-0.3, -0.25) is 0 Å².